The largest absolute Gasteiger partial charge is 0.458 e. The first-order valence-electron chi connectivity index (χ1n) is 11.8. The number of para-hydroxylation sites is 1. The van der Waals surface area contributed by atoms with Crippen LogP contribution in [0.4, 0.5) is 5.69 Å². The lowest BCUT2D eigenvalue weighted by atomic mass is 9.73. The van der Waals surface area contributed by atoms with Crippen molar-refractivity contribution >= 4 is 22.5 Å². The molecule has 168 valence electrons. The molecule has 4 heteroatoms. The number of aryl methyl sites for hydroxylation is 1. The molecule has 0 radical (unpaired) electrons. The van der Waals surface area contributed by atoms with Crippen LogP contribution in [0.3, 0.4) is 0 Å². The molecule has 33 heavy (non-hydrogen) atoms. The highest BCUT2D eigenvalue weighted by molar-refractivity contribution is 8.15. The summed E-state index contributed by atoms with van der Waals surface area (Å²) in [6, 6.07) is 28.3. The van der Waals surface area contributed by atoms with E-state index in [0.29, 0.717) is 5.92 Å². The zero-order valence-electron chi connectivity index (χ0n) is 19.7. The first-order valence-corrected chi connectivity index (χ1v) is 12.6. The summed E-state index contributed by atoms with van der Waals surface area (Å²) >= 11 is 1.82. The molecule has 3 aromatic carbocycles. The van der Waals surface area contributed by atoms with Crippen molar-refractivity contribution in [2.75, 3.05) is 4.90 Å². The molecule has 3 nitrogen and oxygen atoms in total. The van der Waals surface area contributed by atoms with Gasteiger partial charge in [-0.1, -0.05) is 66.2 Å². The molecule has 0 amide bonds. The van der Waals surface area contributed by atoms with Crippen LogP contribution in [0.15, 0.2) is 83.9 Å². The van der Waals surface area contributed by atoms with Crippen molar-refractivity contribution in [1.29, 1.82) is 0 Å². The van der Waals surface area contributed by atoms with Crippen molar-refractivity contribution in [3.05, 3.63) is 95.6 Å². The van der Waals surface area contributed by atoms with Crippen LogP contribution in [0.2, 0.25) is 0 Å². The van der Waals surface area contributed by atoms with Crippen LogP contribution in [0.1, 0.15) is 43.9 Å². The third kappa shape index (κ3) is 3.07. The number of anilines is 1. The molecule has 4 bridgehead atoms. The standard InChI is InChI=1S/C29H30N2OS/c1-20-14-16-24(17-15-20)32-28-19-23-18-21-10-8-9-13-25(21)31(28)29(23,22-11-6-5-7-12-22)26(33-28)30-27(2,3)4/h5-17,23H,18-19H2,1-4H3/t23-,28+,29-/m0/s1. The Morgan fingerprint density at radius 2 is 1.64 bits per heavy atom. The van der Waals surface area contributed by atoms with Gasteiger partial charge in [-0.3, -0.25) is 4.99 Å². The molecule has 6 rings (SSSR count). The van der Waals surface area contributed by atoms with Crippen LogP contribution in [0.5, 0.6) is 5.75 Å². The molecule has 3 aliphatic heterocycles. The predicted octanol–water partition coefficient (Wildman–Crippen LogP) is 6.95. The zero-order valence-corrected chi connectivity index (χ0v) is 20.5. The van der Waals surface area contributed by atoms with Gasteiger partial charge in [0.15, 0.2) is 0 Å². The van der Waals surface area contributed by atoms with Crippen LogP contribution in [0.25, 0.3) is 0 Å². The number of benzene rings is 3. The van der Waals surface area contributed by atoms with E-state index in [1.54, 1.807) is 0 Å². The Morgan fingerprint density at radius 3 is 2.36 bits per heavy atom. The Bertz CT molecular complexity index is 1230. The quantitative estimate of drug-likeness (QED) is 0.428. The van der Waals surface area contributed by atoms with Gasteiger partial charge in [0.1, 0.15) is 16.3 Å². The van der Waals surface area contributed by atoms with Crippen LogP contribution in [0, 0.1) is 12.8 Å². The number of nitrogens with zero attached hydrogens (tertiary/aromatic N) is 2. The normalized spacial score (nSPS) is 28.8. The molecule has 3 aromatic rings. The zero-order chi connectivity index (χ0) is 22.8. The third-order valence-corrected chi connectivity index (χ3v) is 8.37. The fraction of sp³-hybridized carbons (Fsp3) is 0.345. The van der Waals surface area contributed by atoms with Gasteiger partial charge in [-0.15, -0.1) is 0 Å². The minimum absolute atomic E-state index is 0.172. The Labute approximate surface area is 200 Å². The van der Waals surface area contributed by atoms with Crippen molar-refractivity contribution in [1.82, 2.24) is 0 Å². The van der Waals surface area contributed by atoms with Gasteiger partial charge < -0.3 is 9.64 Å². The van der Waals surface area contributed by atoms with Gasteiger partial charge in [0.25, 0.3) is 0 Å². The van der Waals surface area contributed by atoms with E-state index in [-0.39, 0.29) is 11.1 Å². The van der Waals surface area contributed by atoms with Gasteiger partial charge in [0, 0.05) is 18.0 Å². The SMILES string of the molecule is Cc1ccc(O[C@@]23C[C@@H]4Cc5ccccc5N2[C@]4(c2ccccc2)C(=NC(C)(C)C)S3)cc1. The van der Waals surface area contributed by atoms with Crippen molar-refractivity contribution in [3.8, 4) is 5.75 Å². The Morgan fingerprint density at radius 1 is 0.939 bits per heavy atom. The molecule has 2 fully saturated rings. The van der Waals surface area contributed by atoms with Crippen LogP contribution in [-0.4, -0.2) is 15.6 Å². The van der Waals surface area contributed by atoms with Gasteiger partial charge in [0.05, 0.1) is 5.54 Å². The molecule has 3 heterocycles. The highest BCUT2D eigenvalue weighted by Gasteiger charge is 2.74. The van der Waals surface area contributed by atoms with E-state index < -0.39 is 5.06 Å². The molecule has 3 aliphatic rings. The van der Waals surface area contributed by atoms with E-state index in [0.717, 1.165) is 18.6 Å². The van der Waals surface area contributed by atoms with E-state index in [4.69, 9.17) is 9.73 Å². The minimum Gasteiger partial charge on any atom is -0.458 e. The second-order valence-electron chi connectivity index (χ2n) is 10.5. The molecule has 0 aromatic heterocycles. The van der Waals surface area contributed by atoms with Gasteiger partial charge >= 0.3 is 0 Å². The highest BCUT2D eigenvalue weighted by Crippen LogP contribution is 2.69. The molecule has 3 atom stereocenters. The number of aliphatic imine (C=N–C) groups is 1. The van der Waals surface area contributed by atoms with E-state index >= 15 is 0 Å². The lowest BCUT2D eigenvalue weighted by Gasteiger charge is -2.45. The van der Waals surface area contributed by atoms with Crippen LogP contribution >= 0.6 is 11.8 Å². The summed E-state index contributed by atoms with van der Waals surface area (Å²) < 4.78 is 6.98. The summed E-state index contributed by atoms with van der Waals surface area (Å²) in [4.78, 5) is 7.93. The van der Waals surface area contributed by atoms with Crippen molar-refractivity contribution in [2.45, 2.75) is 56.7 Å². The number of hydrogen-bond acceptors (Lipinski definition) is 4. The molecule has 2 saturated heterocycles. The molecule has 0 saturated carbocycles. The summed E-state index contributed by atoms with van der Waals surface area (Å²) in [6.45, 7) is 8.69. The van der Waals surface area contributed by atoms with Gasteiger partial charge in [0.2, 0.25) is 5.06 Å². The van der Waals surface area contributed by atoms with E-state index in [2.05, 4.69) is 111 Å². The molecule has 0 spiro atoms. The molecular weight excluding hydrogens is 424 g/mol. The summed E-state index contributed by atoms with van der Waals surface area (Å²) in [6.07, 6.45) is 1.99. The van der Waals surface area contributed by atoms with Crippen molar-refractivity contribution in [2.24, 2.45) is 10.9 Å². The molecule has 0 N–H and O–H groups in total. The maximum Gasteiger partial charge on any atom is 0.238 e. The summed E-state index contributed by atoms with van der Waals surface area (Å²) in [5.41, 5.74) is 4.75. The summed E-state index contributed by atoms with van der Waals surface area (Å²) in [7, 11) is 0. The number of thioether (sulfide) groups is 1. The second kappa shape index (κ2) is 7.14. The average Bonchev–Trinajstić information content (AvgIpc) is 3.15. The lowest BCUT2D eigenvalue weighted by molar-refractivity contribution is 0.173. The smallest absolute Gasteiger partial charge is 0.238 e. The maximum atomic E-state index is 6.98. The second-order valence-corrected chi connectivity index (χ2v) is 11.7. The van der Waals surface area contributed by atoms with Crippen LogP contribution < -0.4 is 9.64 Å². The van der Waals surface area contributed by atoms with Crippen molar-refractivity contribution < 1.29 is 4.74 Å². The van der Waals surface area contributed by atoms with Gasteiger partial charge in [-0.05, 0) is 75.2 Å². The maximum absolute atomic E-state index is 6.98. The summed E-state index contributed by atoms with van der Waals surface area (Å²) in [5, 5.41) is 0.658. The highest BCUT2D eigenvalue weighted by atomic mass is 32.2. The van der Waals surface area contributed by atoms with Crippen LogP contribution in [-0.2, 0) is 12.0 Å². The van der Waals surface area contributed by atoms with E-state index in [1.807, 2.05) is 11.8 Å². The molecule has 0 unspecified atom stereocenters. The molecular formula is C29H30N2OS. The van der Waals surface area contributed by atoms with E-state index in [9.17, 15) is 0 Å². The average molecular weight is 455 g/mol. The number of hydrogen-bond donors (Lipinski definition) is 0. The van der Waals surface area contributed by atoms with Gasteiger partial charge in [-0.2, -0.15) is 0 Å². The van der Waals surface area contributed by atoms with E-state index in [1.165, 1.54) is 27.4 Å². The fourth-order valence-corrected chi connectivity index (χ4v) is 7.75. The van der Waals surface area contributed by atoms with Gasteiger partial charge in [-0.25, -0.2) is 0 Å². The predicted molar refractivity (Wildman–Crippen MR) is 138 cm³/mol. The Balaban J connectivity index is 1.61. The number of fused-ring (bicyclic) bond motifs is 1. The minimum atomic E-state index is -0.521. The molecule has 0 aliphatic carbocycles. The fourth-order valence-electron chi connectivity index (χ4n) is 5.84. The monoisotopic (exact) mass is 454 g/mol. The topological polar surface area (TPSA) is 24.8 Å². The first kappa shape index (κ1) is 20.9. The first-order chi connectivity index (χ1) is 15.8. The Kier molecular flexibility index (Phi) is 4.51. The lowest BCUT2D eigenvalue weighted by Crippen LogP contribution is -2.54. The number of rotatable bonds is 3. The summed E-state index contributed by atoms with van der Waals surface area (Å²) in [5.74, 6) is 1.31. The van der Waals surface area contributed by atoms with Crippen molar-refractivity contribution in [3.63, 3.8) is 0 Å². The third-order valence-electron chi connectivity index (χ3n) is 7.02. The Hall–Kier alpha value is -2.72. The number of ether oxygens (including phenoxy) is 1.